The minimum absolute atomic E-state index is 0.182. The predicted molar refractivity (Wildman–Crippen MR) is 114 cm³/mol. The number of aromatic nitrogens is 1. The molecule has 2 aromatic rings. The summed E-state index contributed by atoms with van der Waals surface area (Å²) in [7, 11) is 0. The van der Waals surface area contributed by atoms with Crippen molar-refractivity contribution in [3.8, 4) is 0 Å². The molecule has 0 spiro atoms. The van der Waals surface area contributed by atoms with Gasteiger partial charge in [-0.15, -0.1) is 6.58 Å². The van der Waals surface area contributed by atoms with Crippen LogP contribution in [-0.2, 0) is 4.79 Å². The summed E-state index contributed by atoms with van der Waals surface area (Å²) in [6, 6.07) is 13.1. The summed E-state index contributed by atoms with van der Waals surface area (Å²) in [5, 5.41) is 1.23. The number of rotatable bonds is 5. The molecule has 0 unspecified atom stereocenters. The van der Waals surface area contributed by atoms with Gasteiger partial charge in [-0.25, -0.2) is 9.98 Å². The van der Waals surface area contributed by atoms with Crippen molar-refractivity contribution in [3.63, 3.8) is 0 Å². The van der Waals surface area contributed by atoms with Crippen LogP contribution in [-0.4, -0.2) is 27.5 Å². The van der Waals surface area contributed by atoms with E-state index in [9.17, 15) is 4.79 Å². The van der Waals surface area contributed by atoms with Crippen LogP contribution in [0.1, 0.15) is 5.56 Å². The highest BCUT2D eigenvalue weighted by Gasteiger charge is 2.32. The van der Waals surface area contributed by atoms with Gasteiger partial charge in [0.05, 0.1) is 4.91 Å². The van der Waals surface area contributed by atoms with Crippen LogP contribution in [0, 0.1) is 0 Å². The van der Waals surface area contributed by atoms with Gasteiger partial charge < -0.3 is 0 Å². The standard InChI is InChI=1S/C20H15Cl2N3OS/c1-2-11-25-19(26)17(13-15(21)12-14-7-4-3-5-8-14)27-20(25)24-16-9-6-10-23-18(16)22/h2-10,12-13H,1,11H2/b15-12-,17-13-,24-20?. The number of benzene rings is 1. The SMILES string of the molecule is C=CCN1C(=O)/C(=C/C(Cl)=C/c2ccccc2)SC1=Nc1cccnc1Cl. The van der Waals surface area contributed by atoms with Crippen LogP contribution in [0.2, 0.25) is 5.15 Å². The van der Waals surface area contributed by atoms with Crippen molar-refractivity contribution in [1.82, 2.24) is 9.88 Å². The van der Waals surface area contributed by atoms with Crippen molar-refractivity contribution in [2.24, 2.45) is 4.99 Å². The van der Waals surface area contributed by atoms with Gasteiger partial charge in [-0.3, -0.25) is 9.69 Å². The fraction of sp³-hybridized carbons (Fsp3) is 0.0500. The van der Waals surface area contributed by atoms with E-state index in [4.69, 9.17) is 23.2 Å². The summed E-state index contributed by atoms with van der Waals surface area (Å²) in [5.41, 5.74) is 1.45. The zero-order valence-electron chi connectivity index (χ0n) is 14.2. The van der Waals surface area contributed by atoms with Gasteiger partial charge in [0.15, 0.2) is 10.3 Å². The number of hydrogen-bond acceptors (Lipinski definition) is 4. The molecule has 0 N–H and O–H groups in total. The molecule has 0 radical (unpaired) electrons. The lowest BCUT2D eigenvalue weighted by Crippen LogP contribution is -2.29. The second kappa shape index (κ2) is 9.04. The molecule has 0 aliphatic carbocycles. The first-order valence-electron chi connectivity index (χ1n) is 8.02. The molecule has 0 atom stereocenters. The number of pyridine rings is 1. The zero-order valence-corrected chi connectivity index (χ0v) is 16.5. The van der Waals surface area contributed by atoms with Crippen LogP contribution in [0.25, 0.3) is 6.08 Å². The molecule has 1 aromatic heterocycles. The Hall–Kier alpha value is -2.34. The quantitative estimate of drug-likeness (QED) is 0.360. The molecule has 2 heterocycles. The Bertz CT molecular complexity index is 955. The molecule has 27 heavy (non-hydrogen) atoms. The third kappa shape index (κ3) is 4.89. The molecule has 1 fully saturated rings. The molecule has 136 valence electrons. The summed E-state index contributed by atoms with van der Waals surface area (Å²) in [5.74, 6) is -0.182. The van der Waals surface area contributed by atoms with Crippen molar-refractivity contribution >= 4 is 57.8 Å². The largest absolute Gasteiger partial charge is 0.283 e. The smallest absolute Gasteiger partial charge is 0.267 e. The number of amidine groups is 1. The fourth-order valence-corrected chi connectivity index (χ4v) is 3.77. The Morgan fingerprint density at radius 1 is 1.26 bits per heavy atom. The monoisotopic (exact) mass is 415 g/mol. The first-order chi connectivity index (χ1) is 13.1. The van der Waals surface area contributed by atoms with Gasteiger partial charge >= 0.3 is 0 Å². The molecule has 3 rings (SSSR count). The van der Waals surface area contributed by atoms with Crippen molar-refractivity contribution < 1.29 is 4.79 Å². The third-order valence-corrected chi connectivity index (χ3v) is 5.04. The highest BCUT2D eigenvalue weighted by atomic mass is 35.5. The number of nitrogens with zero attached hydrogens (tertiary/aromatic N) is 3. The van der Waals surface area contributed by atoms with E-state index >= 15 is 0 Å². The van der Waals surface area contributed by atoms with Crippen LogP contribution in [0.3, 0.4) is 0 Å². The fourth-order valence-electron chi connectivity index (χ4n) is 2.32. The minimum atomic E-state index is -0.182. The molecule has 1 aromatic carbocycles. The Kier molecular flexibility index (Phi) is 6.50. The maximum Gasteiger partial charge on any atom is 0.267 e. The lowest BCUT2D eigenvalue weighted by molar-refractivity contribution is -0.121. The normalized spacial score (nSPS) is 17.8. The highest BCUT2D eigenvalue weighted by Crippen LogP contribution is 2.35. The van der Waals surface area contributed by atoms with Gasteiger partial charge in [0.1, 0.15) is 5.69 Å². The molecule has 7 heteroatoms. The lowest BCUT2D eigenvalue weighted by atomic mass is 10.2. The summed E-state index contributed by atoms with van der Waals surface area (Å²) in [6.07, 6.45) is 6.67. The third-order valence-electron chi connectivity index (χ3n) is 3.53. The van der Waals surface area contributed by atoms with Crippen LogP contribution >= 0.6 is 35.0 Å². The Balaban J connectivity index is 1.92. The van der Waals surface area contributed by atoms with E-state index in [-0.39, 0.29) is 11.1 Å². The number of carbonyl (C=O) groups excluding carboxylic acids is 1. The average Bonchev–Trinajstić information content (AvgIpc) is 2.93. The maximum absolute atomic E-state index is 12.7. The summed E-state index contributed by atoms with van der Waals surface area (Å²) >= 11 is 13.6. The lowest BCUT2D eigenvalue weighted by Gasteiger charge is -2.12. The number of thioether (sulfide) groups is 1. The van der Waals surface area contributed by atoms with Crippen LogP contribution in [0.5, 0.6) is 0 Å². The number of carbonyl (C=O) groups is 1. The highest BCUT2D eigenvalue weighted by molar-refractivity contribution is 8.18. The van der Waals surface area contributed by atoms with Gasteiger partial charge in [-0.2, -0.15) is 0 Å². The van der Waals surface area contributed by atoms with Crippen molar-refractivity contribution in [1.29, 1.82) is 0 Å². The Morgan fingerprint density at radius 2 is 2.04 bits per heavy atom. The minimum Gasteiger partial charge on any atom is -0.283 e. The Labute approximate surface area is 171 Å². The molecule has 0 saturated carbocycles. The van der Waals surface area contributed by atoms with Crippen LogP contribution in [0.15, 0.2) is 82.3 Å². The maximum atomic E-state index is 12.7. The average molecular weight is 416 g/mol. The van der Waals surface area contributed by atoms with Gasteiger partial charge in [0.25, 0.3) is 5.91 Å². The number of allylic oxidation sites excluding steroid dienone is 2. The molecule has 1 aliphatic heterocycles. The van der Waals surface area contributed by atoms with E-state index < -0.39 is 0 Å². The van der Waals surface area contributed by atoms with Crippen LogP contribution in [0.4, 0.5) is 5.69 Å². The Morgan fingerprint density at radius 3 is 2.74 bits per heavy atom. The molecular formula is C20H15Cl2N3OS. The molecule has 1 aliphatic rings. The van der Waals surface area contributed by atoms with E-state index in [1.165, 1.54) is 16.7 Å². The topological polar surface area (TPSA) is 45.6 Å². The molecule has 4 nitrogen and oxygen atoms in total. The number of aliphatic imine (C=N–C) groups is 1. The van der Waals surface area contributed by atoms with Gasteiger partial charge in [-0.1, -0.05) is 59.6 Å². The summed E-state index contributed by atoms with van der Waals surface area (Å²) in [6.45, 7) is 4.04. The summed E-state index contributed by atoms with van der Waals surface area (Å²) in [4.78, 5) is 23.2. The summed E-state index contributed by atoms with van der Waals surface area (Å²) < 4.78 is 0. The predicted octanol–water partition coefficient (Wildman–Crippen LogP) is 5.65. The van der Waals surface area contributed by atoms with E-state index in [2.05, 4.69) is 16.6 Å². The molecular weight excluding hydrogens is 401 g/mol. The van der Waals surface area contributed by atoms with E-state index in [0.29, 0.717) is 27.3 Å². The van der Waals surface area contributed by atoms with E-state index in [0.717, 1.165) is 5.56 Å². The van der Waals surface area contributed by atoms with Crippen molar-refractivity contribution in [3.05, 3.63) is 88.0 Å². The molecule has 0 bridgehead atoms. The first-order valence-corrected chi connectivity index (χ1v) is 9.59. The van der Waals surface area contributed by atoms with Crippen LogP contribution < -0.4 is 0 Å². The number of amides is 1. The van der Waals surface area contributed by atoms with Crippen molar-refractivity contribution in [2.75, 3.05) is 6.54 Å². The van der Waals surface area contributed by atoms with Gasteiger partial charge in [0.2, 0.25) is 0 Å². The second-order valence-electron chi connectivity index (χ2n) is 5.46. The number of hydrogen-bond donors (Lipinski definition) is 0. The van der Waals surface area contributed by atoms with E-state index in [1.54, 1.807) is 36.6 Å². The molecule has 1 saturated heterocycles. The molecule has 1 amide bonds. The first kappa shape index (κ1) is 19.4. The zero-order chi connectivity index (χ0) is 19.2. The van der Waals surface area contributed by atoms with Gasteiger partial charge in [-0.05, 0) is 41.6 Å². The van der Waals surface area contributed by atoms with Crippen molar-refractivity contribution in [2.45, 2.75) is 0 Å². The van der Waals surface area contributed by atoms with E-state index in [1.807, 2.05) is 30.3 Å². The number of halogens is 2. The van der Waals surface area contributed by atoms with Gasteiger partial charge in [0, 0.05) is 17.8 Å². The second-order valence-corrected chi connectivity index (χ2v) is 7.27.